The second-order valence-electron chi connectivity index (χ2n) is 5.23. The molecule has 0 saturated carbocycles. The Morgan fingerprint density at radius 1 is 1.40 bits per heavy atom. The van der Waals surface area contributed by atoms with Crippen molar-refractivity contribution < 1.29 is 4.74 Å². The van der Waals surface area contributed by atoms with Gasteiger partial charge in [0.15, 0.2) is 0 Å². The van der Waals surface area contributed by atoms with Gasteiger partial charge in [-0.1, -0.05) is 0 Å². The van der Waals surface area contributed by atoms with Gasteiger partial charge in [-0.2, -0.15) is 5.26 Å². The molecular formula is C16H19N3O. The number of nitrogens with zero attached hydrogens (tertiary/aromatic N) is 2. The second kappa shape index (κ2) is 6.08. The molecular weight excluding hydrogens is 250 g/mol. The van der Waals surface area contributed by atoms with Crippen molar-refractivity contribution in [3.63, 3.8) is 0 Å². The Labute approximate surface area is 119 Å². The average molecular weight is 269 g/mol. The van der Waals surface area contributed by atoms with Crippen molar-refractivity contribution in [1.82, 2.24) is 9.88 Å². The van der Waals surface area contributed by atoms with Gasteiger partial charge in [0.2, 0.25) is 0 Å². The molecule has 1 unspecified atom stereocenters. The van der Waals surface area contributed by atoms with Crippen LogP contribution in [-0.4, -0.2) is 30.4 Å². The first-order valence-electron chi connectivity index (χ1n) is 7.18. The highest BCUT2D eigenvalue weighted by Gasteiger charge is 2.14. The lowest BCUT2D eigenvalue weighted by Gasteiger charge is -2.11. The third-order valence-electron chi connectivity index (χ3n) is 3.83. The van der Waals surface area contributed by atoms with Crippen molar-refractivity contribution in [3.05, 3.63) is 36.0 Å². The molecule has 1 saturated heterocycles. The first-order chi connectivity index (χ1) is 9.86. The van der Waals surface area contributed by atoms with E-state index >= 15 is 0 Å². The van der Waals surface area contributed by atoms with Crippen molar-refractivity contribution in [1.29, 1.82) is 5.26 Å². The quantitative estimate of drug-likeness (QED) is 0.847. The molecule has 2 heterocycles. The van der Waals surface area contributed by atoms with Crippen LogP contribution >= 0.6 is 0 Å². The van der Waals surface area contributed by atoms with Crippen LogP contribution in [-0.2, 0) is 11.3 Å². The van der Waals surface area contributed by atoms with Crippen molar-refractivity contribution in [3.8, 4) is 6.07 Å². The van der Waals surface area contributed by atoms with Crippen LogP contribution in [0.15, 0.2) is 30.5 Å². The van der Waals surface area contributed by atoms with Crippen LogP contribution in [0.1, 0.15) is 18.4 Å². The number of fused-ring (bicyclic) bond motifs is 1. The lowest BCUT2D eigenvalue weighted by molar-refractivity contribution is 0.110. The van der Waals surface area contributed by atoms with Gasteiger partial charge in [0, 0.05) is 43.3 Å². The Morgan fingerprint density at radius 2 is 2.35 bits per heavy atom. The molecule has 1 aromatic carbocycles. The second-order valence-corrected chi connectivity index (χ2v) is 5.23. The summed E-state index contributed by atoms with van der Waals surface area (Å²) in [5, 5.41) is 13.5. The summed E-state index contributed by atoms with van der Waals surface area (Å²) in [5.41, 5.74) is 1.90. The fourth-order valence-electron chi connectivity index (χ4n) is 2.73. The topological polar surface area (TPSA) is 50.0 Å². The number of benzene rings is 1. The molecule has 1 aromatic heterocycles. The van der Waals surface area contributed by atoms with Gasteiger partial charge in [-0.05, 0) is 37.1 Å². The molecule has 4 nitrogen and oxygen atoms in total. The van der Waals surface area contributed by atoms with Gasteiger partial charge < -0.3 is 14.6 Å². The predicted molar refractivity (Wildman–Crippen MR) is 78.5 cm³/mol. The van der Waals surface area contributed by atoms with E-state index in [-0.39, 0.29) is 0 Å². The molecule has 20 heavy (non-hydrogen) atoms. The highest BCUT2D eigenvalue weighted by Crippen LogP contribution is 2.17. The van der Waals surface area contributed by atoms with Crippen LogP contribution in [0.4, 0.5) is 0 Å². The maximum Gasteiger partial charge on any atom is 0.0991 e. The summed E-state index contributed by atoms with van der Waals surface area (Å²) in [6.45, 7) is 3.72. The van der Waals surface area contributed by atoms with Crippen molar-refractivity contribution in [2.45, 2.75) is 25.5 Å². The minimum absolute atomic E-state index is 0.398. The minimum Gasteiger partial charge on any atom is -0.377 e. The summed E-state index contributed by atoms with van der Waals surface area (Å²) >= 11 is 0. The standard InChI is InChI=1S/C16H19N3O/c17-11-13-3-4-16-14(10-13)5-7-19(16)8-6-18-12-15-2-1-9-20-15/h3-5,7,10,15,18H,1-2,6,8-9,12H2. The monoisotopic (exact) mass is 269 g/mol. The zero-order valence-electron chi connectivity index (χ0n) is 11.5. The van der Waals surface area contributed by atoms with Gasteiger partial charge in [-0.3, -0.25) is 0 Å². The normalized spacial score (nSPS) is 18.4. The number of ether oxygens (including phenoxy) is 1. The van der Waals surface area contributed by atoms with E-state index in [0.29, 0.717) is 11.7 Å². The van der Waals surface area contributed by atoms with E-state index in [9.17, 15) is 0 Å². The SMILES string of the molecule is N#Cc1ccc2c(ccn2CCNCC2CCCO2)c1. The molecule has 104 valence electrons. The summed E-state index contributed by atoms with van der Waals surface area (Å²) in [7, 11) is 0. The number of rotatable bonds is 5. The first kappa shape index (κ1) is 13.2. The molecule has 0 bridgehead atoms. The fourth-order valence-corrected chi connectivity index (χ4v) is 2.73. The molecule has 1 aliphatic rings. The Bertz CT molecular complexity index is 620. The molecule has 1 aliphatic heterocycles. The van der Waals surface area contributed by atoms with Crippen molar-refractivity contribution >= 4 is 10.9 Å². The van der Waals surface area contributed by atoms with Gasteiger partial charge in [0.05, 0.1) is 17.7 Å². The van der Waals surface area contributed by atoms with E-state index in [4.69, 9.17) is 10.00 Å². The average Bonchev–Trinajstić information content (AvgIpc) is 3.12. The molecule has 0 spiro atoms. The van der Waals surface area contributed by atoms with Crippen LogP contribution in [0.25, 0.3) is 10.9 Å². The minimum atomic E-state index is 0.398. The number of hydrogen-bond donors (Lipinski definition) is 1. The smallest absolute Gasteiger partial charge is 0.0991 e. The first-order valence-corrected chi connectivity index (χ1v) is 7.18. The summed E-state index contributed by atoms with van der Waals surface area (Å²) in [4.78, 5) is 0. The largest absolute Gasteiger partial charge is 0.377 e. The van der Waals surface area contributed by atoms with Gasteiger partial charge >= 0.3 is 0 Å². The summed E-state index contributed by atoms with van der Waals surface area (Å²) in [6, 6.07) is 10.1. The van der Waals surface area contributed by atoms with E-state index in [1.807, 2.05) is 18.2 Å². The molecule has 3 rings (SSSR count). The molecule has 4 heteroatoms. The fraction of sp³-hybridized carbons (Fsp3) is 0.438. The lowest BCUT2D eigenvalue weighted by atomic mass is 10.2. The number of nitriles is 1. The maximum atomic E-state index is 8.90. The Morgan fingerprint density at radius 3 is 3.15 bits per heavy atom. The highest BCUT2D eigenvalue weighted by molar-refractivity contribution is 5.81. The van der Waals surface area contributed by atoms with E-state index in [2.05, 4.69) is 28.2 Å². The summed E-state index contributed by atoms with van der Waals surface area (Å²) in [5.74, 6) is 0. The Balaban J connectivity index is 1.56. The van der Waals surface area contributed by atoms with Crippen LogP contribution < -0.4 is 5.32 Å². The third kappa shape index (κ3) is 2.84. The zero-order chi connectivity index (χ0) is 13.8. The van der Waals surface area contributed by atoms with Crippen LogP contribution in [0.3, 0.4) is 0 Å². The van der Waals surface area contributed by atoms with Crippen LogP contribution in [0.2, 0.25) is 0 Å². The predicted octanol–water partition coefficient (Wildman–Crippen LogP) is 2.28. The number of nitrogens with one attached hydrogen (secondary N) is 1. The van der Waals surface area contributed by atoms with Crippen LogP contribution in [0.5, 0.6) is 0 Å². The molecule has 2 aromatic rings. The molecule has 0 amide bonds. The van der Waals surface area contributed by atoms with Gasteiger partial charge in [0.1, 0.15) is 0 Å². The highest BCUT2D eigenvalue weighted by atomic mass is 16.5. The molecule has 1 fully saturated rings. The summed E-state index contributed by atoms with van der Waals surface area (Å²) < 4.78 is 7.81. The van der Waals surface area contributed by atoms with Crippen molar-refractivity contribution in [2.24, 2.45) is 0 Å². The summed E-state index contributed by atoms with van der Waals surface area (Å²) in [6.07, 6.45) is 4.85. The number of aromatic nitrogens is 1. The van der Waals surface area contributed by atoms with Crippen LogP contribution in [0, 0.1) is 11.3 Å². The zero-order valence-corrected chi connectivity index (χ0v) is 11.5. The van der Waals surface area contributed by atoms with Gasteiger partial charge in [-0.25, -0.2) is 0 Å². The number of hydrogen-bond acceptors (Lipinski definition) is 3. The lowest BCUT2D eigenvalue weighted by Crippen LogP contribution is -2.28. The third-order valence-corrected chi connectivity index (χ3v) is 3.83. The Kier molecular flexibility index (Phi) is 4.00. The molecule has 1 atom stereocenters. The molecule has 0 aliphatic carbocycles. The molecule has 1 N–H and O–H groups in total. The van der Waals surface area contributed by atoms with Gasteiger partial charge in [0.25, 0.3) is 0 Å². The Hall–Kier alpha value is -1.83. The van der Waals surface area contributed by atoms with Crippen molar-refractivity contribution in [2.75, 3.05) is 19.7 Å². The van der Waals surface area contributed by atoms with E-state index in [1.54, 1.807) is 0 Å². The van der Waals surface area contributed by atoms with E-state index in [0.717, 1.165) is 31.6 Å². The van der Waals surface area contributed by atoms with E-state index < -0.39 is 0 Å². The van der Waals surface area contributed by atoms with Gasteiger partial charge in [-0.15, -0.1) is 0 Å². The molecule has 0 radical (unpaired) electrons. The van der Waals surface area contributed by atoms with E-state index in [1.165, 1.54) is 18.4 Å². The maximum absolute atomic E-state index is 8.90.